The first-order valence-electron chi connectivity index (χ1n) is 16.2. The van der Waals surface area contributed by atoms with Crippen molar-refractivity contribution in [2.75, 3.05) is 18.8 Å². The second kappa shape index (κ2) is 13.1. The predicted molar refractivity (Wildman–Crippen MR) is 192 cm³/mol. The van der Waals surface area contributed by atoms with E-state index >= 15 is 0 Å². The standard InChI is InChI=1S/C38H30FN9OS/c39-25-19-29(34-32(20-25)50-33(21-40)46-34)38(49)43-26-14-17-47(18-15-26)22-23-8-10-27(11-9-23)48-36(28-7-4-16-42-35(28)41)45-31-13-12-30(44-37(31)48)24-5-2-1-3-6-24/h1-13,16,19-20,26H,14-15,17-18,22H2,(H2,41,42)(H,43,49). The van der Waals surface area contributed by atoms with Crippen LogP contribution in [0.2, 0.25) is 0 Å². The predicted octanol–water partition coefficient (Wildman–Crippen LogP) is 6.75. The van der Waals surface area contributed by atoms with Gasteiger partial charge in [-0.25, -0.2) is 24.3 Å². The first-order chi connectivity index (χ1) is 24.4. The molecule has 1 aliphatic heterocycles. The number of piperidine rings is 1. The van der Waals surface area contributed by atoms with E-state index in [4.69, 9.17) is 15.7 Å². The zero-order valence-corrected chi connectivity index (χ0v) is 27.6. The van der Waals surface area contributed by atoms with Crippen LogP contribution in [0.3, 0.4) is 0 Å². The number of hydrogen-bond donors (Lipinski definition) is 2. The molecule has 4 aromatic heterocycles. The minimum Gasteiger partial charge on any atom is -0.383 e. The molecule has 10 nitrogen and oxygen atoms in total. The third-order valence-corrected chi connectivity index (χ3v) is 9.88. The molecule has 0 radical (unpaired) electrons. The summed E-state index contributed by atoms with van der Waals surface area (Å²) >= 11 is 1.08. The largest absolute Gasteiger partial charge is 0.383 e. The van der Waals surface area contributed by atoms with Crippen molar-refractivity contribution in [3.63, 3.8) is 0 Å². The Labute approximate surface area is 290 Å². The van der Waals surface area contributed by atoms with E-state index in [1.54, 1.807) is 6.20 Å². The monoisotopic (exact) mass is 679 g/mol. The molecule has 0 atom stereocenters. The fraction of sp³-hybridized carbons (Fsp3) is 0.158. The molecule has 246 valence electrons. The Kier molecular flexibility index (Phi) is 8.20. The summed E-state index contributed by atoms with van der Waals surface area (Å²) in [5, 5.41) is 12.5. The van der Waals surface area contributed by atoms with Gasteiger partial charge in [-0.1, -0.05) is 42.5 Å². The van der Waals surface area contributed by atoms with Crippen LogP contribution in [0.25, 0.3) is 49.7 Å². The molecule has 50 heavy (non-hydrogen) atoms. The maximum absolute atomic E-state index is 14.3. The van der Waals surface area contributed by atoms with Gasteiger partial charge in [-0.3, -0.25) is 14.3 Å². The zero-order valence-electron chi connectivity index (χ0n) is 26.8. The van der Waals surface area contributed by atoms with Gasteiger partial charge in [0.25, 0.3) is 5.91 Å². The number of hydrogen-bond acceptors (Lipinski definition) is 9. The van der Waals surface area contributed by atoms with Gasteiger partial charge in [0.05, 0.1) is 27.0 Å². The number of rotatable bonds is 7. The van der Waals surface area contributed by atoms with Crippen molar-refractivity contribution < 1.29 is 9.18 Å². The van der Waals surface area contributed by atoms with Crippen molar-refractivity contribution in [3.05, 3.63) is 119 Å². The first-order valence-corrected chi connectivity index (χ1v) is 17.0. The quantitative estimate of drug-likeness (QED) is 0.189. The molecule has 1 saturated heterocycles. The minimum absolute atomic E-state index is 0.0466. The number of benzene rings is 3. The van der Waals surface area contributed by atoms with Gasteiger partial charge in [-0.15, -0.1) is 11.3 Å². The summed E-state index contributed by atoms with van der Waals surface area (Å²) in [4.78, 5) is 34.1. The fourth-order valence-corrected chi connectivity index (χ4v) is 7.30. The lowest BCUT2D eigenvalue weighted by molar-refractivity contribution is 0.0910. The second-order valence-electron chi connectivity index (χ2n) is 12.2. The minimum atomic E-state index is -0.525. The Morgan fingerprint density at radius 3 is 2.54 bits per heavy atom. The molecule has 8 rings (SSSR count). The summed E-state index contributed by atoms with van der Waals surface area (Å²) < 4.78 is 16.8. The summed E-state index contributed by atoms with van der Waals surface area (Å²) in [5.41, 5.74) is 13.0. The van der Waals surface area contributed by atoms with Crippen LogP contribution in [0.15, 0.2) is 97.2 Å². The van der Waals surface area contributed by atoms with Gasteiger partial charge < -0.3 is 11.1 Å². The highest BCUT2D eigenvalue weighted by molar-refractivity contribution is 7.19. The molecule has 1 amide bonds. The number of nitrogens with zero attached hydrogens (tertiary/aromatic N) is 7. The van der Waals surface area contributed by atoms with Gasteiger partial charge in [0.1, 0.15) is 23.2 Å². The normalized spacial score (nSPS) is 13.8. The molecular weight excluding hydrogens is 650 g/mol. The Hall–Kier alpha value is -6.03. The van der Waals surface area contributed by atoms with E-state index in [0.29, 0.717) is 21.9 Å². The fourth-order valence-electron chi connectivity index (χ4n) is 6.48. The molecular formula is C38H30FN9OS. The van der Waals surface area contributed by atoms with E-state index in [-0.39, 0.29) is 22.5 Å². The maximum atomic E-state index is 14.3. The highest BCUT2D eigenvalue weighted by atomic mass is 32.1. The molecule has 3 N–H and O–H groups in total. The number of nitrogens with one attached hydrogen (secondary N) is 1. The Bertz CT molecular complexity index is 2410. The van der Waals surface area contributed by atoms with Gasteiger partial charge in [-0.05, 0) is 66.9 Å². The van der Waals surface area contributed by atoms with Crippen LogP contribution in [-0.4, -0.2) is 54.4 Å². The average Bonchev–Trinajstić information content (AvgIpc) is 3.74. The summed E-state index contributed by atoms with van der Waals surface area (Å²) in [6.07, 6.45) is 3.18. The topological polar surface area (TPSA) is 139 Å². The van der Waals surface area contributed by atoms with Crippen LogP contribution in [0.4, 0.5) is 10.2 Å². The van der Waals surface area contributed by atoms with Gasteiger partial charge in [-0.2, -0.15) is 5.26 Å². The highest BCUT2D eigenvalue weighted by Gasteiger charge is 2.24. The van der Waals surface area contributed by atoms with Gasteiger partial charge in [0.15, 0.2) is 16.5 Å². The zero-order chi connectivity index (χ0) is 34.2. The number of nitrogens with two attached hydrogens (primary N) is 1. The molecule has 0 spiro atoms. The first kappa shape index (κ1) is 31.3. The Morgan fingerprint density at radius 1 is 0.980 bits per heavy atom. The van der Waals surface area contributed by atoms with Crippen LogP contribution >= 0.6 is 11.3 Å². The number of thiazole rings is 1. The van der Waals surface area contributed by atoms with E-state index < -0.39 is 5.82 Å². The maximum Gasteiger partial charge on any atom is 0.253 e. The van der Waals surface area contributed by atoms with E-state index in [1.165, 1.54) is 12.1 Å². The number of carbonyl (C=O) groups is 1. The van der Waals surface area contributed by atoms with Crippen LogP contribution in [-0.2, 0) is 6.54 Å². The van der Waals surface area contributed by atoms with Gasteiger partial charge in [0.2, 0.25) is 0 Å². The van der Waals surface area contributed by atoms with Gasteiger partial charge in [0, 0.05) is 43.1 Å². The van der Waals surface area contributed by atoms with Gasteiger partial charge >= 0.3 is 0 Å². The lowest BCUT2D eigenvalue weighted by Gasteiger charge is -2.32. The van der Waals surface area contributed by atoms with E-state index in [0.717, 1.165) is 83.0 Å². The molecule has 1 aliphatic rings. The third kappa shape index (κ3) is 6.04. The van der Waals surface area contributed by atoms with Crippen LogP contribution in [0, 0.1) is 17.1 Å². The van der Waals surface area contributed by atoms with Crippen LogP contribution < -0.4 is 11.1 Å². The lowest BCUT2D eigenvalue weighted by atomic mass is 10.0. The van der Waals surface area contributed by atoms with Crippen molar-refractivity contribution >= 4 is 44.4 Å². The number of aromatic nitrogens is 5. The summed E-state index contributed by atoms with van der Waals surface area (Å²) in [6, 6.07) is 30.6. The number of nitrogen functional groups attached to an aromatic ring is 1. The molecule has 1 fully saturated rings. The lowest BCUT2D eigenvalue weighted by Crippen LogP contribution is -2.44. The third-order valence-electron chi connectivity index (χ3n) is 8.98. The van der Waals surface area contributed by atoms with Crippen molar-refractivity contribution in [2.45, 2.75) is 25.4 Å². The van der Waals surface area contributed by atoms with Crippen LogP contribution in [0.1, 0.15) is 33.8 Å². The number of anilines is 1. The number of halogens is 1. The number of carbonyl (C=O) groups excluding carboxylic acids is 1. The SMILES string of the molecule is N#Cc1nc2c(C(=O)NC3CCN(Cc4ccc(-n5c(-c6cccnc6N)nc6ccc(-c7ccccc7)nc65)cc4)CC3)cc(F)cc2s1. The smallest absolute Gasteiger partial charge is 0.253 e. The number of fused-ring (bicyclic) bond motifs is 2. The van der Waals surface area contributed by atoms with E-state index in [2.05, 4.69) is 44.5 Å². The summed E-state index contributed by atoms with van der Waals surface area (Å²) in [7, 11) is 0. The number of imidazole rings is 1. The molecule has 12 heteroatoms. The number of amides is 1. The van der Waals surface area contributed by atoms with Crippen molar-refractivity contribution in [1.82, 2.24) is 34.7 Å². The molecule has 0 saturated carbocycles. The Morgan fingerprint density at radius 2 is 1.78 bits per heavy atom. The summed E-state index contributed by atoms with van der Waals surface area (Å²) in [6.45, 7) is 2.34. The molecule has 5 heterocycles. The van der Waals surface area contributed by atoms with E-state index in [9.17, 15) is 14.4 Å². The van der Waals surface area contributed by atoms with E-state index in [1.807, 2.05) is 65.2 Å². The highest BCUT2D eigenvalue weighted by Crippen LogP contribution is 2.32. The summed E-state index contributed by atoms with van der Waals surface area (Å²) in [5.74, 6) is 0.162. The Balaban J connectivity index is 0.991. The molecule has 3 aromatic carbocycles. The van der Waals surface area contributed by atoms with Crippen molar-refractivity contribution in [2.24, 2.45) is 0 Å². The number of nitriles is 1. The molecule has 0 aliphatic carbocycles. The van der Waals surface area contributed by atoms with Crippen LogP contribution in [0.5, 0.6) is 0 Å². The number of likely N-dealkylation sites (tertiary alicyclic amines) is 1. The second-order valence-corrected chi connectivity index (χ2v) is 13.3. The molecule has 0 unspecified atom stereocenters. The number of pyridine rings is 2. The van der Waals surface area contributed by atoms with Crippen molar-refractivity contribution in [3.8, 4) is 34.4 Å². The van der Waals surface area contributed by atoms with Crippen molar-refractivity contribution in [1.29, 1.82) is 5.26 Å². The average molecular weight is 680 g/mol. The molecule has 7 aromatic rings. The molecule has 0 bridgehead atoms.